The highest BCUT2D eigenvalue weighted by atomic mass is 19.1. The van der Waals surface area contributed by atoms with Crippen LogP contribution in [0.2, 0.25) is 0 Å². The molecule has 1 fully saturated rings. The summed E-state index contributed by atoms with van der Waals surface area (Å²) < 4.78 is 13.3. The summed E-state index contributed by atoms with van der Waals surface area (Å²) in [6.45, 7) is 3.24. The van der Waals surface area contributed by atoms with Crippen molar-refractivity contribution in [2.24, 2.45) is 0 Å². The van der Waals surface area contributed by atoms with Gasteiger partial charge in [-0.15, -0.1) is 0 Å². The lowest BCUT2D eigenvalue weighted by molar-refractivity contribution is -0.118. The van der Waals surface area contributed by atoms with Crippen molar-refractivity contribution in [1.82, 2.24) is 4.90 Å². The first-order valence-corrected chi connectivity index (χ1v) is 6.52. The third kappa shape index (κ3) is 3.39. The zero-order chi connectivity index (χ0) is 13.8. The average Bonchev–Trinajstić information content (AvgIpc) is 2.78. The molecule has 0 bridgehead atoms. The predicted molar refractivity (Wildman–Crippen MR) is 69.8 cm³/mol. The van der Waals surface area contributed by atoms with Gasteiger partial charge in [-0.1, -0.05) is 6.07 Å². The normalized spacial score (nSPS) is 19.3. The Labute approximate surface area is 112 Å². The molecule has 1 heterocycles. The van der Waals surface area contributed by atoms with Gasteiger partial charge in [0.15, 0.2) is 0 Å². The molecule has 0 saturated carbocycles. The monoisotopic (exact) mass is 260 g/mol. The van der Waals surface area contributed by atoms with E-state index in [0.29, 0.717) is 13.0 Å². The zero-order valence-corrected chi connectivity index (χ0v) is 11.0. The lowest BCUT2D eigenvalue weighted by Crippen LogP contribution is -2.30. The zero-order valence-electron chi connectivity index (χ0n) is 11.0. The molecular weight excluding hydrogens is 243 g/mol. The maximum atomic E-state index is 13.3. The Morgan fingerprint density at radius 1 is 1.58 bits per heavy atom. The minimum Gasteiger partial charge on any atom is -0.300 e. The molecule has 4 heteroatoms. The average molecular weight is 260 g/mol. The molecular formula is C15H17FN2O. The first-order valence-electron chi connectivity index (χ1n) is 6.52. The second-order valence-corrected chi connectivity index (χ2v) is 5.10. The van der Waals surface area contributed by atoms with Gasteiger partial charge >= 0.3 is 0 Å². The number of nitrogens with zero attached hydrogens (tertiary/aromatic N) is 2. The van der Waals surface area contributed by atoms with Crippen LogP contribution in [0, 0.1) is 17.1 Å². The van der Waals surface area contributed by atoms with Gasteiger partial charge < -0.3 is 0 Å². The van der Waals surface area contributed by atoms with Gasteiger partial charge in [0, 0.05) is 19.0 Å². The Bertz CT molecular complexity index is 521. The quantitative estimate of drug-likeness (QED) is 0.836. The fourth-order valence-electron chi connectivity index (χ4n) is 2.66. The molecule has 0 aromatic heterocycles. The number of carbonyl (C=O) groups excluding carboxylic acids is 1. The summed E-state index contributed by atoms with van der Waals surface area (Å²) in [5.41, 5.74) is 1.01. The molecule has 1 aliphatic heterocycles. The fourth-order valence-corrected chi connectivity index (χ4v) is 2.66. The van der Waals surface area contributed by atoms with Crippen molar-refractivity contribution in [3.8, 4) is 6.07 Å². The van der Waals surface area contributed by atoms with E-state index in [1.54, 1.807) is 19.1 Å². The topological polar surface area (TPSA) is 44.1 Å². The van der Waals surface area contributed by atoms with Crippen LogP contribution in [0.25, 0.3) is 0 Å². The predicted octanol–water partition coefficient (Wildman–Crippen LogP) is 2.64. The smallest absolute Gasteiger partial charge is 0.140 e. The highest BCUT2D eigenvalue weighted by Crippen LogP contribution is 2.23. The van der Waals surface area contributed by atoms with Crippen molar-refractivity contribution in [3.05, 3.63) is 35.1 Å². The number of likely N-dealkylation sites (tertiary alicyclic amines) is 1. The molecule has 100 valence electrons. The maximum Gasteiger partial charge on any atom is 0.140 e. The number of halogens is 1. The number of benzene rings is 1. The van der Waals surface area contributed by atoms with E-state index < -0.39 is 5.82 Å². The lowest BCUT2D eigenvalue weighted by Gasteiger charge is -2.23. The molecule has 1 aromatic rings. The van der Waals surface area contributed by atoms with Crippen molar-refractivity contribution in [1.29, 1.82) is 5.26 Å². The number of hydrogen-bond donors (Lipinski definition) is 0. The van der Waals surface area contributed by atoms with Crippen LogP contribution in [0.3, 0.4) is 0 Å². The van der Waals surface area contributed by atoms with E-state index in [9.17, 15) is 9.18 Å². The minimum absolute atomic E-state index is 0.0832. The Morgan fingerprint density at radius 3 is 3.05 bits per heavy atom. The van der Waals surface area contributed by atoms with Gasteiger partial charge in [-0.25, -0.2) is 4.39 Å². The summed E-state index contributed by atoms with van der Waals surface area (Å²) in [5, 5.41) is 8.83. The Balaban J connectivity index is 2.08. The van der Waals surface area contributed by atoms with E-state index >= 15 is 0 Å². The van der Waals surface area contributed by atoms with Crippen molar-refractivity contribution in [2.45, 2.75) is 38.8 Å². The Kier molecular flexibility index (Phi) is 4.28. The molecule has 0 N–H and O–H groups in total. The van der Waals surface area contributed by atoms with Crippen molar-refractivity contribution in [3.63, 3.8) is 0 Å². The summed E-state index contributed by atoms with van der Waals surface area (Å²) in [4.78, 5) is 13.5. The Hall–Kier alpha value is -1.73. The highest BCUT2D eigenvalue weighted by Gasteiger charge is 2.25. The standard InChI is InChI=1S/C15H17FN2O/c1-11(19)7-14-3-2-6-18(14)10-12-4-5-15(16)13(8-12)9-17/h4-5,8,14H,2-3,6-7,10H2,1H3. The molecule has 1 saturated heterocycles. The molecule has 2 rings (SSSR count). The van der Waals surface area contributed by atoms with Crippen LogP contribution in [0.5, 0.6) is 0 Å². The molecule has 1 unspecified atom stereocenters. The molecule has 1 aliphatic rings. The van der Waals surface area contributed by atoms with Crippen LogP contribution >= 0.6 is 0 Å². The second kappa shape index (κ2) is 5.94. The fraction of sp³-hybridized carbons (Fsp3) is 0.467. The number of rotatable bonds is 4. The molecule has 0 aliphatic carbocycles. The van der Waals surface area contributed by atoms with E-state index in [0.717, 1.165) is 24.9 Å². The second-order valence-electron chi connectivity index (χ2n) is 5.10. The van der Waals surface area contributed by atoms with Gasteiger partial charge in [0.25, 0.3) is 0 Å². The molecule has 19 heavy (non-hydrogen) atoms. The molecule has 0 radical (unpaired) electrons. The third-order valence-corrected chi connectivity index (χ3v) is 3.56. The molecule has 0 amide bonds. The van der Waals surface area contributed by atoms with Gasteiger partial charge in [0.05, 0.1) is 5.56 Å². The van der Waals surface area contributed by atoms with Crippen LogP contribution in [0.1, 0.15) is 37.3 Å². The van der Waals surface area contributed by atoms with Crippen LogP contribution < -0.4 is 0 Å². The SMILES string of the molecule is CC(=O)CC1CCCN1Cc1ccc(F)c(C#N)c1. The van der Waals surface area contributed by atoms with Gasteiger partial charge in [-0.2, -0.15) is 5.26 Å². The highest BCUT2D eigenvalue weighted by molar-refractivity contribution is 5.76. The molecule has 1 aromatic carbocycles. The van der Waals surface area contributed by atoms with E-state index in [1.807, 2.05) is 6.07 Å². The number of Topliss-reactive ketones (excluding diaryl/α,β-unsaturated/α-hetero) is 1. The van der Waals surface area contributed by atoms with E-state index in [4.69, 9.17) is 5.26 Å². The van der Waals surface area contributed by atoms with Gasteiger partial charge in [-0.05, 0) is 44.0 Å². The Morgan fingerprint density at radius 2 is 2.37 bits per heavy atom. The first kappa shape index (κ1) is 13.7. The molecule has 1 atom stereocenters. The molecule has 3 nitrogen and oxygen atoms in total. The summed E-state index contributed by atoms with van der Waals surface area (Å²) in [5.74, 6) is -0.276. The first-order chi connectivity index (χ1) is 9.10. The third-order valence-electron chi connectivity index (χ3n) is 3.56. The van der Waals surface area contributed by atoms with Crippen LogP contribution in [0.4, 0.5) is 4.39 Å². The van der Waals surface area contributed by atoms with Gasteiger partial charge in [0.2, 0.25) is 0 Å². The van der Waals surface area contributed by atoms with Crippen molar-refractivity contribution in [2.75, 3.05) is 6.54 Å². The minimum atomic E-state index is -0.479. The van der Waals surface area contributed by atoms with Crippen molar-refractivity contribution < 1.29 is 9.18 Å². The van der Waals surface area contributed by atoms with Crippen LogP contribution in [0.15, 0.2) is 18.2 Å². The van der Waals surface area contributed by atoms with E-state index in [1.165, 1.54) is 6.07 Å². The largest absolute Gasteiger partial charge is 0.300 e. The summed E-state index contributed by atoms with van der Waals surface area (Å²) in [6.07, 6.45) is 2.70. The number of carbonyl (C=O) groups is 1. The number of ketones is 1. The summed E-state index contributed by atoms with van der Waals surface area (Å²) >= 11 is 0. The van der Waals surface area contributed by atoms with Crippen molar-refractivity contribution >= 4 is 5.78 Å². The summed E-state index contributed by atoms with van der Waals surface area (Å²) in [6, 6.07) is 6.78. The maximum absolute atomic E-state index is 13.3. The lowest BCUT2D eigenvalue weighted by atomic mass is 10.1. The number of hydrogen-bond acceptors (Lipinski definition) is 3. The van der Waals surface area contributed by atoms with Crippen LogP contribution in [-0.2, 0) is 11.3 Å². The van der Waals surface area contributed by atoms with E-state index in [-0.39, 0.29) is 17.4 Å². The molecule has 0 spiro atoms. The number of nitriles is 1. The van der Waals surface area contributed by atoms with Crippen LogP contribution in [-0.4, -0.2) is 23.3 Å². The van der Waals surface area contributed by atoms with Gasteiger partial charge in [-0.3, -0.25) is 9.69 Å². The van der Waals surface area contributed by atoms with Gasteiger partial charge in [0.1, 0.15) is 17.7 Å². The summed E-state index contributed by atoms with van der Waals surface area (Å²) in [7, 11) is 0. The van der Waals surface area contributed by atoms with E-state index in [2.05, 4.69) is 4.90 Å².